The summed E-state index contributed by atoms with van der Waals surface area (Å²) in [6.07, 6.45) is 0.342. The largest absolute Gasteiger partial charge is 0.455 e. The smallest absolute Gasteiger partial charge is 0.317 e. The topological polar surface area (TPSA) is 68.3 Å². The Balaban J connectivity index is 1.51. The van der Waals surface area contributed by atoms with Crippen LogP contribution in [0.25, 0.3) is 10.2 Å². The summed E-state index contributed by atoms with van der Waals surface area (Å²) in [4.78, 5) is 30.1. The van der Waals surface area contributed by atoms with Gasteiger partial charge in [-0.3, -0.25) is 9.59 Å². The highest BCUT2D eigenvalue weighted by molar-refractivity contribution is 7.18. The molecule has 1 N–H and O–H groups in total. The monoisotopic (exact) mass is 448 g/mol. The number of rotatable bonds is 7. The molecule has 3 aromatic carbocycles. The molecule has 162 valence electrons. The second-order valence-electron chi connectivity index (χ2n) is 7.58. The van der Waals surface area contributed by atoms with Gasteiger partial charge in [0.25, 0.3) is 5.91 Å². The van der Waals surface area contributed by atoms with Gasteiger partial charge < -0.3 is 10.1 Å². The number of halogens is 1. The van der Waals surface area contributed by atoms with Crippen LogP contribution in [0, 0.1) is 5.82 Å². The molecule has 4 aromatic rings. The van der Waals surface area contributed by atoms with Crippen LogP contribution in [0.1, 0.15) is 17.5 Å². The zero-order valence-electron chi connectivity index (χ0n) is 17.4. The number of nitrogens with zero attached hydrogens (tertiary/aromatic N) is 1. The Hall–Kier alpha value is -3.58. The van der Waals surface area contributed by atoms with Crippen molar-refractivity contribution in [1.29, 1.82) is 0 Å². The quantitative estimate of drug-likeness (QED) is 0.399. The number of carbonyl (C=O) groups is 2. The zero-order valence-corrected chi connectivity index (χ0v) is 18.2. The summed E-state index contributed by atoms with van der Waals surface area (Å²) in [5, 5.41) is 3.40. The lowest BCUT2D eigenvalue weighted by Gasteiger charge is -2.27. The lowest BCUT2D eigenvalue weighted by molar-refractivity contribution is -0.153. The summed E-state index contributed by atoms with van der Waals surface area (Å²) in [5.41, 5.74) is 1.07. The van der Waals surface area contributed by atoms with Crippen LogP contribution in [0.5, 0.6) is 0 Å². The fourth-order valence-electron chi connectivity index (χ4n) is 3.42. The number of nitrogens with one attached hydrogen (secondary N) is 1. The Morgan fingerprint density at radius 1 is 1.00 bits per heavy atom. The van der Waals surface area contributed by atoms with Gasteiger partial charge in [0.15, 0.2) is 6.61 Å². The van der Waals surface area contributed by atoms with Crippen molar-refractivity contribution in [3.8, 4) is 0 Å². The summed E-state index contributed by atoms with van der Waals surface area (Å²) >= 11 is 1.53. The number of para-hydroxylation sites is 1. The van der Waals surface area contributed by atoms with E-state index in [1.54, 1.807) is 6.92 Å². The van der Waals surface area contributed by atoms with E-state index in [2.05, 4.69) is 10.3 Å². The van der Waals surface area contributed by atoms with Gasteiger partial charge in [0.05, 0.1) is 20.6 Å². The fraction of sp³-hybridized carbons (Fsp3) is 0.160. The van der Waals surface area contributed by atoms with Crippen LogP contribution in [0.15, 0.2) is 78.9 Å². The zero-order chi connectivity index (χ0) is 22.6. The molecule has 0 aliphatic heterocycles. The first-order chi connectivity index (χ1) is 15.4. The van der Waals surface area contributed by atoms with E-state index in [-0.39, 0.29) is 0 Å². The van der Waals surface area contributed by atoms with Crippen molar-refractivity contribution in [3.63, 3.8) is 0 Å². The number of thiazole rings is 1. The number of ether oxygens (including phenoxy) is 1. The van der Waals surface area contributed by atoms with E-state index < -0.39 is 29.7 Å². The number of hydrogen-bond donors (Lipinski definition) is 1. The molecular weight excluding hydrogens is 427 g/mol. The van der Waals surface area contributed by atoms with Crippen LogP contribution < -0.4 is 5.32 Å². The molecule has 1 aromatic heterocycles. The van der Waals surface area contributed by atoms with Gasteiger partial charge in [-0.2, -0.15) is 0 Å². The van der Waals surface area contributed by atoms with Crippen LogP contribution in [0.4, 0.5) is 10.1 Å². The predicted molar refractivity (Wildman–Crippen MR) is 123 cm³/mol. The average Bonchev–Trinajstić information content (AvgIpc) is 3.21. The summed E-state index contributed by atoms with van der Waals surface area (Å²) in [7, 11) is 0. The van der Waals surface area contributed by atoms with Gasteiger partial charge in [-0.1, -0.05) is 42.5 Å². The molecule has 32 heavy (non-hydrogen) atoms. The maximum absolute atomic E-state index is 13.2. The lowest BCUT2D eigenvalue weighted by atomic mass is 9.79. The molecule has 0 bridgehead atoms. The highest BCUT2D eigenvalue weighted by Gasteiger charge is 2.38. The van der Waals surface area contributed by atoms with E-state index in [1.807, 2.05) is 54.6 Å². The van der Waals surface area contributed by atoms with Crippen LogP contribution in [0.2, 0.25) is 0 Å². The molecule has 1 heterocycles. The van der Waals surface area contributed by atoms with Gasteiger partial charge >= 0.3 is 5.97 Å². The molecule has 0 fully saturated rings. The molecule has 0 aliphatic rings. The van der Waals surface area contributed by atoms with Crippen molar-refractivity contribution in [2.45, 2.75) is 18.8 Å². The van der Waals surface area contributed by atoms with Crippen molar-refractivity contribution in [1.82, 2.24) is 4.98 Å². The first-order valence-corrected chi connectivity index (χ1v) is 10.9. The average molecular weight is 449 g/mol. The molecule has 5 nitrogen and oxygen atoms in total. The first-order valence-electron chi connectivity index (χ1n) is 10.1. The van der Waals surface area contributed by atoms with E-state index >= 15 is 0 Å². The van der Waals surface area contributed by atoms with Gasteiger partial charge in [-0.25, -0.2) is 9.37 Å². The molecule has 7 heteroatoms. The molecule has 4 rings (SSSR count). The van der Waals surface area contributed by atoms with Gasteiger partial charge in [-0.15, -0.1) is 11.3 Å². The maximum atomic E-state index is 13.2. The lowest BCUT2D eigenvalue weighted by Crippen LogP contribution is -2.38. The van der Waals surface area contributed by atoms with Crippen molar-refractivity contribution >= 4 is 39.1 Å². The van der Waals surface area contributed by atoms with Gasteiger partial charge in [-0.05, 0) is 48.9 Å². The van der Waals surface area contributed by atoms with Crippen LogP contribution >= 0.6 is 11.3 Å². The number of amides is 1. The van der Waals surface area contributed by atoms with Crippen molar-refractivity contribution < 1.29 is 18.7 Å². The second kappa shape index (κ2) is 9.28. The summed E-state index contributed by atoms with van der Waals surface area (Å²) in [5.74, 6) is -1.42. The summed E-state index contributed by atoms with van der Waals surface area (Å²) < 4.78 is 19.5. The van der Waals surface area contributed by atoms with Crippen molar-refractivity contribution in [3.05, 3.63) is 95.3 Å². The fourth-order valence-corrected chi connectivity index (χ4v) is 4.54. The maximum Gasteiger partial charge on any atom is 0.317 e. The minimum absolute atomic E-state index is 0.342. The minimum Gasteiger partial charge on any atom is -0.455 e. The van der Waals surface area contributed by atoms with E-state index in [4.69, 9.17) is 4.74 Å². The predicted octanol–water partition coefficient (Wildman–Crippen LogP) is 5.12. The van der Waals surface area contributed by atoms with Crippen LogP contribution in [0.3, 0.4) is 0 Å². The standard InChI is InChI=1S/C25H21FN2O3S/c1-25(17-7-3-2-4-8-17,15-23-28-20-9-5-6-10-21(20)32-23)24(30)31-16-22(29)27-19-13-11-18(26)12-14-19/h2-14H,15-16H2,1H3,(H,27,29)/t25-/m1/s1. The number of carbonyl (C=O) groups excluding carboxylic acids is 2. The highest BCUT2D eigenvalue weighted by Crippen LogP contribution is 2.33. The number of esters is 1. The normalized spacial score (nSPS) is 12.8. The molecule has 0 aliphatic carbocycles. The highest BCUT2D eigenvalue weighted by atomic mass is 32.1. The molecule has 0 radical (unpaired) electrons. The number of aromatic nitrogens is 1. The third-order valence-electron chi connectivity index (χ3n) is 5.17. The molecular formula is C25H21FN2O3S. The van der Waals surface area contributed by atoms with Crippen LogP contribution in [-0.4, -0.2) is 23.5 Å². The summed E-state index contributed by atoms with van der Waals surface area (Å²) in [6, 6.07) is 22.5. The third kappa shape index (κ3) is 4.84. The first kappa shape index (κ1) is 21.6. The summed E-state index contributed by atoms with van der Waals surface area (Å²) in [6.45, 7) is 1.35. The molecule has 0 saturated carbocycles. The minimum atomic E-state index is -1.02. The van der Waals surface area contributed by atoms with E-state index in [1.165, 1.54) is 35.6 Å². The van der Waals surface area contributed by atoms with Crippen molar-refractivity contribution in [2.24, 2.45) is 0 Å². The Bertz CT molecular complexity index is 1210. The van der Waals surface area contributed by atoms with Crippen molar-refractivity contribution in [2.75, 3.05) is 11.9 Å². The van der Waals surface area contributed by atoms with Crippen LogP contribution in [-0.2, 0) is 26.2 Å². The van der Waals surface area contributed by atoms with Gasteiger partial charge in [0.1, 0.15) is 5.82 Å². The van der Waals surface area contributed by atoms with Gasteiger partial charge in [0, 0.05) is 12.1 Å². The van der Waals surface area contributed by atoms with E-state index in [0.717, 1.165) is 20.8 Å². The Morgan fingerprint density at radius 3 is 2.41 bits per heavy atom. The van der Waals surface area contributed by atoms with E-state index in [9.17, 15) is 14.0 Å². The molecule has 0 spiro atoms. The Kier molecular flexibility index (Phi) is 6.28. The third-order valence-corrected chi connectivity index (χ3v) is 6.20. The number of hydrogen-bond acceptors (Lipinski definition) is 5. The molecule has 0 unspecified atom stereocenters. The number of benzene rings is 3. The second-order valence-corrected chi connectivity index (χ2v) is 8.70. The Morgan fingerprint density at radius 2 is 1.69 bits per heavy atom. The number of fused-ring (bicyclic) bond motifs is 1. The number of anilines is 1. The molecule has 0 saturated heterocycles. The Labute approximate surface area is 188 Å². The van der Waals surface area contributed by atoms with Gasteiger partial charge in [0.2, 0.25) is 0 Å². The molecule has 1 amide bonds. The van der Waals surface area contributed by atoms with E-state index in [0.29, 0.717) is 12.1 Å². The molecule has 1 atom stereocenters. The SMILES string of the molecule is C[C@](Cc1nc2ccccc2s1)(C(=O)OCC(=O)Nc1ccc(F)cc1)c1ccccc1.